The second-order valence-electron chi connectivity index (χ2n) is 5.28. The molecule has 1 amide bonds. The summed E-state index contributed by atoms with van der Waals surface area (Å²) < 4.78 is 0. The SMILES string of the molecule is CC(NC(CN)CC(=O)NC1CC1)c1ccccc1. The van der Waals surface area contributed by atoms with Gasteiger partial charge in [0.25, 0.3) is 0 Å². The average molecular weight is 261 g/mol. The molecule has 1 fully saturated rings. The van der Waals surface area contributed by atoms with Crippen LogP contribution in [0.1, 0.15) is 37.8 Å². The van der Waals surface area contributed by atoms with Crippen molar-refractivity contribution >= 4 is 5.91 Å². The van der Waals surface area contributed by atoms with Gasteiger partial charge in [0.15, 0.2) is 0 Å². The maximum atomic E-state index is 11.8. The number of benzene rings is 1. The molecule has 1 aliphatic rings. The van der Waals surface area contributed by atoms with E-state index in [2.05, 4.69) is 29.7 Å². The van der Waals surface area contributed by atoms with Crippen molar-refractivity contribution < 1.29 is 4.79 Å². The minimum absolute atomic E-state index is 0.0222. The van der Waals surface area contributed by atoms with Crippen LogP contribution in [0.25, 0.3) is 0 Å². The maximum absolute atomic E-state index is 11.8. The van der Waals surface area contributed by atoms with Crippen LogP contribution >= 0.6 is 0 Å². The molecule has 2 atom stereocenters. The van der Waals surface area contributed by atoms with Crippen LogP contribution in [-0.2, 0) is 4.79 Å². The minimum Gasteiger partial charge on any atom is -0.353 e. The van der Waals surface area contributed by atoms with E-state index >= 15 is 0 Å². The van der Waals surface area contributed by atoms with Crippen molar-refractivity contribution in [2.45, 2.75) is 44.3 Å². The largest absolute Gasteiger partial charge is 0.353 e. The highest BCUT2D eigenvalue weighted by Crippen LogP contribution is 2.19. The molecule has 1 saturated carbocycles. The Balaban J connectivity index is 1.82. The molecule has 0 aliphatic heterocycles. The number of rotatable bonds is 7. The summed E-state index contributed by atoms with van der Waals surface area (Å²) in [4.78, 5) is 11.8. The van der Waals surface area contributed by atoms with Gasteiger partial charge in [-0.2, -0.15) is 0 Å². The van der Waals surface area contributed by atoms with Gasteiger partial charge in [-0.1, -0.05) is 30.3 Å². The molecule has 2 unspecified atom stereocenters. The second kappa shape index (κ2) is 6.68. The lowest BCUT2D eigenvalue weighted by molar-refractivity contribution is -0.121. The van der Waals surface area contributed by atoms with Crippen molar-refractivity contribution in [3.05, 3.63) is 35.9 Å². The zero-order chi connectivity index (χ0) is 13.7. The Morgan fingerprint density at radius 3 is 2.63 bits per heavy atom. The van der Waals surface area contributed by atoms with Gasteiger partial charge in [-0.3, -0.25) is 4.79 Å². The minimum atomic E-state index is 0.0222. The molecule has 0 bridgehead atoms. The lowest BCUT2D eigenvalue weighted by atomic mass is 10.1. The number of hydrogen-bond acceptors (Lipinski definition) is 3. The zero-order valence-corrected chi connectivity index (χ0v) is 11.4. The molecule has 1 aliphatic carbocycles. The smallest absolute Gasteiger partial charge is 0.221 e. The van der Waals surface area contributed by atoms with Crippen molar-refractivity contribution in [1.29, 1.82) is 0 Å². The number of carbonyl (C=O) groups excluding carboxylic acids is 1. The molecule has 1 aromatic rings. The highest BCUT2D eigenvalue weighted by Gasteiger charge is 2.24. The van der Waals surface area contributed by atoms with Crippen molar-refractivity contribution in [2.75, 3.05) is 6.54 Å². The van der Waals surface area contributed by atoms with E-state index in [0.29, 0.717) is 19.0 Å². The predicted octanol–water partition coefficient (Wildman–Crippen LogP) is 1.33. The highest BCUT2D eigenvalue weighted by molar-refractivity contribution is 5.77. The lowest BCUT2D eigenvalue weighted by Crippen LogP contribution is -2.42. The predicted molar refractivity (Wildman–Crippen MR) is 76.6 cm³/mol. The van der Waals surface area contributed by atoms with Crippen LogP contribution in [0, 0.1) is 0 Å². The number of nitrogens with two attached hydrogens (primary N) is 1. The van der Waals surface area contributed by atoms with Crippen LogP contribution in [0.4, 0.5) is 0 Å². The summed E-state index contributed by atoms with van der Waals surface area (Å²) in [7, 11) is 0. The molecule has 2 rings (SSSR count). The zero-order valence-electron chi connectivity index (χ0n) is 11.4. The third kappa shape index (κ3) is 4.65. The molecule has 0 heterocycles. The second-order valence-corrected chi connectivity index (χ2v) is 5.28. The Kier molecular flexibility index (Phi) is 4.93. The van der Waals surface area contributed by atoms with Gasteiger partial charge in [0, 0.05) is 31.1 Å². The van der Waals surface area contributed by atoms with Crippen LogP contribution in [0.3, 0.4) is 0 Å². The molecule has 0 radical (unpaired) electrons. The molecular formula is C15H23N3O. The van der Waals surface area contributed by atoms with Crippen LogP contribution in [0.15, 0.2) is 30.3 Å². The van der Waals surface area contributed by atoms with E-state index in [1.54, 1.807) is 0 Å². The topological polar surface area (TPSA) is 67.1 Å². The van der Waals surface area contributed by atoms with Gasteiger partial charge in [-0.05, 0) is 25.3 Å². The Hall–Kier alpha value is -1.39. The highest BCUT2D eigenvalue weighted by atomic mass is 16.1. The van der Waals surface area contributed by atoms with Gasteiger partial charge in [0.1, 0.15) is 0 Å². The van der Waals surface area contributed by atoms with Gasteiger partial charge in [0.2, 0.25) is 5.91 Å². The number of amides is 1. The first-order chi connectivity index (χ1) is 9.19. The lowest BCUT2D eigenvalue weighted by Gasteiger charge is -2.22. The van der Waals surface area contributed by atoms with E-state index in [4.69, 9.17) is 5.73 Å². The first kappa shape index (κ1) is 14.0. The summed E-state index contributed by atoms with van der Waals surface area (Å²) in [6.45, 7) is 2.56. The van der Waals surface area contributed by atoms with Gasteiger partial charge < -0.3 is 16.4 Å². The van der Waals surface area contributed by atoms with Gasteiger partial charge >= 0.3 is 0 Å². The van der Waals surface area contributed by atoms with Gasteiger partial charge in [-0.25, -0.2) is 0 Å². The van der Waals surface area contributed by atoms with Crippen LogP contribution in [-0.4, -0.2) is 24.5 Å². The van der Waals surface area contributed by atoms with Crippen molar-refractivity contribution in [3.8, 4) is 0 Å². The third-order valence-corrected chi connectivity index (χ3v) is 3.44. The summed E-state index contributed by atoms with van der Waals surface area (Å²) in [6, 6.07) is 10.8. The summed E-state index contributed by atoms with van der Waals surface area (Å²) in [5.74, 6) is 0.103. The van der Waals surface area contributed by atoms with E-state index in [1.165, 1.54) is 5.56 Å². The van der Waals surface area contributed by atoms with E-state index in [9.17, 15) is 4.79 Å². The molecule has 0 saturated heterocycles. The summed E-state index contributed by atoms with van der Waals surface area (Å²) in [6.07, 6.45) is 2.68. The molecule has 4 N–H and O–H groups in total. The first-order valence-corrected chi connectivity index (χ1v) is 6.99. The molecular weight excluding hydrogens is 238 g/mol. The third-order valence-electron chi connectivity index (χ3n) is 3.44. The van der Waals surface area contributed by atoms with E-state index < -0.39 is 0 Å². The fourth-order valence-electron chi connectivity index (χ4n) is 2.14. The van der Waals surface area contributed by atoms with Crippen molar-refractivity contribution in [2.24, 2.45) is 5.73 Å². The van der Waals surface area contributed by atoms with Crippen molar-refractivity contribution in [3.63, 3.8) is 0 Å². The number of nitrogens with one attached hydrogen (secondary N) is 2. The van der Waals surface area contributed by atoms with E-state index in [-0.39, 0.29) is 18.0 Å². The fraction of sp³-hybridized carbons (Fsp3) is 0.533. The standard InChI is InChI=1S/C15H23N3O/c1-11(12-5-3-2-4-6-12)17-14(10-16)9-15(19)18-13-7-8-13/h2-6,11,13-14,17H,7-10,16H2,1H3,(H,18,19). The molecule has 1 aromatic carbocycles. The molecule has 4 heteroatoms. The Bertz CT molecular complexity index is 403. The van der Waals surface area contributed by atoms with E-state index in [1.807, 2.05) is 18.2 Å². The average Bonchev–Trinajstić information content (AvgIpc) is 3.22. The first-order valence-electron chi connectivity index (χ1n) is 6.99. The number of carbonyl (C=O) groups is 1. The molecule has 4 nitrogen and oxygen atoms in total. The molecule has 0 aromatic heterocycles. The Morgan fingerprint density at radius 2 is 2.05 bits per heavy atom. The Labute approximate surface area is 114 Å². The van der Waals surface area contributed by atoms with Crippen LogP contribution in [0.5, 0.6) is 0 Å². The maximum Gasteiger partial charge on any atom is 0.221 e. The van der Waals surface area contributed by atoms with Gasteiger partial charge in [-0.15, -0.1) is 0 Å². The quantitative estimate of drug-likeness (QED) is 0.694. The molecule has 0 spiro atoms. The monoisotopic (exact) mass is 261 g/mol. The molecule has 19 heavy (non-hydrogen) atoms. The fourth-order valence-corrected chi connectivity index (χ4v) is 2.14. The Morgan fingerprint density at radius 1 is 1.37 bits per heavy atom. The van der Waals surface area contributed by atoms with Crippen LogP contribution < -0.4 is 16.4 Å². The van der Waals surface area contributed by atoms with Gasteiger partial charge in [0.05, 0.1) is 0 Å². The van der Waals surface area contributed by atoms with E-state index in [0.717, 1.165) is 12.8 Å². The van der Waals surface area contributed by atoms with Crippen molar-refractivity contribution in [1.82, 2.24) is 10.6 Å². The summed E-state index contributed by atoms with van der Waals surface area (Å²) >= 11 is 0. The normalized spacial score (nSPS) is 17.8. The summed E-state index contributed by atoms with van der Waals surface area (Å²) in [5.41, 5.74) is 6.96. The van der Waals surface area contributed by atoms with Crippen LogP contribution in [0.2, 0.25) is 0 Å². The number of hydrogen-bond donors (Lipinski definition) is 3. The molecule has 104 valence electrons. The summed E-state index contributed by atoms with van der Waals surface area (Å²) in [5, 5.41) is 6.42.